The van der Waals surface area contributed by atoms with E-state index in [0.717, 1.165) is 47.3 Å². The number of hydrogen-bond acceptors (Lipinski definition) is 0. The third-order valence-electron chi connectivity index (χ3n) is 11.9. The summed E-state index contributed by atoms with van der Waals surface area (Å²) in [5, 5.41) is 0. The van der Waals surface area contributed by atoms with Crippen molar-refractivity contribution in [1.29, 1.82) is 0 Å². The topological polar surface area (TPSA) is 0 Å². The Morgan fingerprint density at radius 3 is 1.08 bits per heavy atom. The molecule has 226 valence electrons. The van der Waals surface area contributed by atoms with Crippen molar-refractivity contribution in [3.8, 4) is 0 Å². The van der Waals surface area contributed by atoms with Crippen LogP contribution in [-0.2, 0) is 0 Å². The Bertz CT molecular complexity index is 625. The highest BCUT2D eigenvalue weighted by molar-refractivity contribution is 4.92. The second-order valence-corrected chi connectivity index (χ2v) is 14.6. The van der Waals surface area contributed by atoms with Crippen molar-refractivity contribution in [3.05, 3.63) is 24.3 Å². The van der Waals surface area contributed by atoms with Crippen LogP contribution in [-0.4, -0.2) is 0 Å². The number of rotatable bonds is 11. The van der Waals surface area contributed by atoms with E-state index in [4.69, 9.17) is 0 Å². The molecule has 0 amide bonds. The highest BCUT2D eigenvalue weighted by atomic mass is 14.4. The average molecular weight is 539 g/mol. The molecule has 0 heterocycles. The van der Waals surface area contributed by atoms with E-state index in [9.17, 15) is 0 Å². The normalized spacial score (nSPS) is 36.1. The van der Waals surface area contributed by atoms with Crippen molar-refractivity contribution >= 4 is 0 Å². The summed E-state index contributed by atoms with van der Waals surface area (Å²) in [6.45, 7) is 8.99. The maximum absolute atomic E-state index is 2.45. The lowest BCUT2D eigenvalue weighted by Gasteiger charge is -2.37. The highest BCUT2D eigenvalue weighted by Crippen LogP contribution is 2.43. The van der Waals surface area contributed by atoms with Gasteiger partial charge in [0.25, 0.3) is 0 Å². The van der Waals surface area contributed by atoms with Gasteiger partial charge in [-0.15, -0.1) is 0 Å². The van der Waals surface area contributed by atoms with Crippen LogP contribution in [0.25, 0.3) is 0 Å². The second kappa shape index (κ2) is 19.6. The largest absolute Gasteiger partial charge is 0.0914 e. The van der Waals surface area contributed by atoms with Crippen LogP contribution in [0.2, 0.25) is 0 Å². The zero-order chi connectivity index (χ0) is 27.7. The van der Waals surface area contributed by atoms with E-state index in [1.54, 1.807) is 51.4 Å². The van der Waals surface area contributed by atoms with Crippen LogP contribution in [0.3, 0.4) is 0 Å². The summed E-state index contributed by atoms with van der Waals surface area (Å²) in [4.78, 5) is 0. The van der Waals surface area contributed by atoms with Gasteiger partial charge in [0.15, 0.2) is 0 Å². The molecule has 4 saturated carbocycles. The number of unbranched alkanes of at least 4 members (excludes halogenated alkanes) is 3. The average Bonchev–Trinajstić information content (AvgIpc) is 2.98. The summed E-state index contributed by atoms with van der Waals surface area (Å²) in [6.07, 6.45) is 43.9. The third-order valence-corrected chi connectivity index (χ3v) is 11.9. The van der Waals surface area contributed by atoms with Crippen LogP contribution < -0.4 is 0 Å². The van der Waals surface area contributed by atoms with Gasteiger partial charge in [-0.3, -0.25) is 0 Å². The van der Waals surface area contributed by atoms with Crippen LogP contribution in [0.5, 0.6) is 0 Å². The van der Waals surface area contributed by atoms with Crippen LogP contribution >= 0.6 is 0 Å². The Hall–Kier alpha value is -0.520. The predicted molar refractivity (Wildman–Crippen MR) is 175 cm³/mol. The number of allylic oxidation sites excluding steroid dienone is 4. The Balaban J connectivity index is 0.000000216. The van der Waals surface area contributed by atoms with Gasteiger partial charge in [-0.05, 0) is 138 Å². The van der Waals surface area contributed by atoms with Crippen molar-refractivity contribution < 1.29 is 0 Å². The lowest BCUT2D eigenvalue weighted by Crippen LogP contribution is -2.25. The zero-order valence-corrected chi connectivity index (χ0v) is 27.2. The Morgan fingerprint density at radius 2 is 0.744 bits per heavy atom. The summed E-state index contributed by atoms with van der Waals surface area (Å²) in [5.41, 5.74) is 0. The molecular weight excluding hydrogens is 468 g/mol. The fourth-order valence-electron chi connectivity index (χ4n) is 9.23. The van der Waals surface area contributed by atoms with Gasteiger partial charge < -0.3 is 0 Å². The van der Waals surface area contributed by atoms with Crippen LogP contribution in [0.1, 0.15) is 175 Å². The minimum atomic E-state index is 0.904. The van der Waals surface area contributed by atoms with Crippen molar-refractivity contribution in [3.63, 3.8) is 0 Å². The first-order valence-electron chi connectivity index (χ1n) is 18.4. The van der Waals surface area contributed by atoms with Gasteiger partial charge in [-0.25, -0.2) is 0 Å². The van der Waals surface area contributed by atoms with E-state index >= 15 is 0 Å². The van der Waals surface area contributed by atoms with Gasteiger partial charge in [0, 0.05) is 0 Å². The summed E-state index contributed by atoms with van der Waals surface area (Å²) >= 11 is 0. The maximum Gasteiger partial charge on any atom is -0.0233 e. The SMILES string of the molecule is C/C=C/C1CCC(C2CCC(CCCC)CC2)CC1.C/C=C/C1CCC(C2CCC(CCCCC)CC2)CC1. The quantitative estimate of drug-likeness (QED) is 0.181. The third kappa shape index (κ3) is 12.1. The van der Waals surface area contributed by atoms with Crippen LogP contribution in [0.15, 0.2) is 24.3 Å². The minimum Gasteiger partial charge on any atom is -0.0914 e. The molecule has 0 aromatic heterocycles. The smallest absolute Gasteiger partial charge is 0.0233 e. The molecule has 0 unspecified atom stereocenters. The molecule has 4 aliphatic carbocycles. The molecule has 0 N–H and O–H groups in total. The second-order valence-electron chi connectivity index (χ2n) is 14.6. The summed E-state index contributed by atoms with van der Waals surface area (Å²) in [7, 11) is 0. The number of hydrogen-bond donors (Lipinski definition) is 0. The molecule has 0 nitrogen and oxygen atoms in total. The first kappa shape index (κ1) is 33.0. The molecule has 0 aliphatic heterocycles. The van der Waals surface area contributed by atoms with E-state index in [1.165, 1.54) is 96.3 Å². The van der Waals surface area contributed by atoms with E-state index in [1.807, 2.05) is 0 Å². The maximum atomic E-state index is 2.45. The van der Waals surface area contributed by atoms with Crippen molar-refractivity contribution in [2.45, 2.75) is 175 Å². The molecule has 4 fully saturated rings. The summed E-state index contributed by atoms with van der Waals surface area (Å²) in [6, 6.07) is 0. The van der Waals surface area contributed by atoms with Crippen LogP contribution in [0, 0.1) is 47.3 Å². The monoisotopic (exact) mass is 539 g/mol. The van der Waals surface area contributed by atoms with Gasteiger partial charge in [0.1, 0.15) is 0 Å². The van der Waals surface area contributed by atoms with Gasteiger partial charge in [-0.2, -0.15) is 0 Å². The van der Waals surface area contributed by atoms with Gasteiger partial charge in [0.05, 0.1) is 0 Å². The van der Waals surface area contributed by atoms with Crippen molar-refractivity contribution in [1.82, 2.24) is 0 Å². The molecule has 0 spiro atoms. The molecule has 39 heavy (non-hydrogen) atoms. The zero-order valence-electron chi connectivity index (χ0n) is 27.2. The molecule has 4 rings (SSSR count). The van der Waals surface area contributed by atoms with Gasteiger partial charge >= 0.3 is 0 Å². The minimum absolute atomic E-state index is 0.904. The fraction of sp³-hybridized carbons (Fsp3) is 0.897. The Kier molecular flexibility index (Phi) is 16.6. The molecule has 4 aliphatic rings. The van der Waals surface area contributed by atoms with E-state index in [2.05, 4.69) is 52.0 Å². The van der Waals surface area contributed by atoms with Crippen molar-refractivity contribution in [2.24, 2.45) is 47.3 Å². The molecule has 0 saturated heterocycles. The fourth-order valence-corrected chi connectivity index (χ4v) is 9.23. The van der Waals surface area contributed by atoms with Crippen molar-refractivity contribution in [2.75, 3.05) is 0 Å². The predicted octanol–water partition coefficient (Wildman–Crippen LogP) is 13.1. The first-order chi connectivity index (χ1) is 19.2. The molecule has 0 atom stereocenters. The molecule has 0 bridgehead atoms. The first-order valence-corrected chi connectivity index (χ1v) is 18.4. The standard InChI is InChI=1S/C20H36.C19H34/c1-3-5-6-8-18-11-15-20(16-12-18)19-13-9-17(7-4-2)10-14-19;1-3-5-7-17-10-14-19(15-11-17)18-12-8-16(6-4-2)9-13-18/h4,7,17-20H,3,5-6,8-16H2,1-2H3;4,6,16-19H,3,5,7-15H2,1-2H3/b7-4+;6-4+. The summed E-state index contributed by atoms with van der Waals surface area (Å²) in [5.74, 6) is 8.30. The molecule has 0 radical (unpaired) electrons. The molecular formula is C39H70. The van der Waals surface area contributed by atoms with E-state index in [-0.39, 0.29) is 0 Å². The summed E-state index contributed by atoms with van der Waals surface area (Å²) < 4.78 is 0. The van der Waals surface area contributed by atoms with Gasteiger partial charge in [-0.1, -0.05) is 109 Å². The molecule has 0 aromatic carbocycles. The van der Waals surface area contributed by atoms with Crippen LogP contribution in [0.4, 0.5) is 0 Å². The highest BCUT2D eigenvalue weighted by Gasteiger charge is 2.31. The van der Waals surface area contributed by atoms with Gasteiger partial charge in [0.2, 0.25) is 0 Å². The molecule has 0 aromatic rings. The lowest BCUT2D eigenvalue weighted by atomic mass is 9.68. The Labute approximate surface area is 246 Å². The van der Waals surface area contributed by atoms with E-state index in [0.29, 0.717) is 0 Å². The Morgan fingerprint density at radius 1 is 0.410 bits per heavy atom. The molecule has 0 heteroatoms. The van der Waals surface area contributed by atoms with E-state index < -0.39 is 0 Å². The lowest BCUT2D eigenvalue weighted by molar-refractivity contribution is 0.151.